The molecule has 3 N–H and O–H groups in total. The quantitative estimate of drug-likeness (QED) is 0.453. The van der Waals surface area contributed by atoms with Crippen LogP contribution in [0.1, 0.15) is 9.78 Å². The van der Waals surface area contributed by atoms with Crippen LogP contribution in [0, 0.1) is 11.6 Å². The van der Waals surface area contributed by atoms with Crippen molar-refractivity contribution in [2.45, 2.75) is 11.8 Å². The fourth-order valence-corrected chi connectivity index (χ4v) is 2.21. The Labute approximate surface area is 130 Å². The van der Waals surface area contributed by atoms with Gasteiger partial charge in [-0.05, 0) is 19.1 Å². The van der Waals surface area contributed by atoms with Crippen LogP contribution in [0.25, 0.3) is 11.1 Å². The number of anilines is 1. The Morgan fingerprint density at radius 3 is 2.62 bits per heavy atom. The fraction of sp³-hybridized carbons (Fsp3) is 0.133. The SMILES string of the molecule is CCN=C(N)Nc1c(S)cccc1-c1cccc(F)c1F.[HH].[HH]. The lowest BCUT2D eigenvalue weighted by molar-refractivity contribution is 0.511. The molecule has 3 nitrogen and oxygen atoms in total. The zero-order valence-corrected chi connectivity index (χ0v) is 12.3. The van der Waals surface area contributed by atoms with Crippen molar-refractivity contribution in [3.05, 3.63) is 48.0 Å². The van der Waals surface area contributed by atoms with Gasteiger partial charge in [-0.3, -0.25) is 4.99 Å². The van der Waals surface area contributed by atoms with E-state index in [0.717, 1.165) is 6.07 Å². The average molecular weight is 311 g/mol. The van der Waals surface area contributed by atoms with E-state index in [1.807, 2.05) is 6.92 Å². The second-order valence-corrected chi connectivity index (χ2v) is 4.77. The molecule has 0 saturated carbocycles. The van der Waals surface area contributed by atoms with E-state index in [4.69, 9.17) is 5.73 Å². The maximum atomic E-state index is 14.0. The van der Waals surface area contributed by atoms with Crippen LogP contribution in [-0.2, 0) is 0 Å². The van der Waals surface area contributed by atoms with Crippen LogP contribution in [0.15, 0.2) is 46.3 Å². The number of thiol groups is 1. The Morgan fingerprint density at radius 1 is 1.24 bits per heavy atom. The van der Waals surface area contributed by atoms with Crippen LogP contribution >= 0.6 is 12.6 Å². The number of nitrogens with two attached hydrogens (primary N) is 1. The second kappa shape index (κ2) is 6.58. The zero-order valence-electron chi connectivity index (χ0n) is 11.4. The Morgan fingerprint density at radius 2 is 1.90 bits per heavy atom. The number of benzene rings is 2. The van der Waals surface area contributed by atoms with Crippen LogP contribution in [0.3, 0.4) is 0 Å². The van der Waals surface area contributed by atoms with Gasteiger partial charge in [-0.15, -0.1) is 12.6 Å². The van der Waals surface area contributed by atoms with Crippen LogP contribution in [0.4, 0.5) is 14.5 Å². The predicted octanol–water partition coefficient (Wildman–Crippen LogP) is 4.16. The molecule has 0 unspecified atom stereocenters. The first-order chi connectivity index (χ1) is 10.0. The normalized spacial score (nSPS) is 11.5. The maximum Gasteiger partial charge on any atom is 0.193 e. The standard InChI is InChI=1S/C15H15F2N3S.2H2/c1-2-19-15(18)20-14-10(6-4-8-12(14)21)9-5-3-7-11(16)13(9)17;;/h3-8,21H,2H2,1H3,(H3,18,19,20);2*1H. The molecule has 0 amide bonds. The van der Waals surface area contributed by atoms with Crippen LogP contribution in [0.2, 0.25) is 0 Å². The van der Waals surface area contributed by atoms with Gasteiger partial charge in [0, 0.05) is 25.4 Å². The Kier molecular flexibility index (Phi) is 4.80. The number of para-hydroxylation sites is 1. The highest BCUT2D eigenvalue weighted by molar-refractivity contribution is 7.80. The first-order valence-corrected chi connectivity index (χ1v) is 6.82. The third kappa shape index (κ3) is 3.33. The Bertz CT molecular complexity index is 696. The Hall–Kier alpha value is -2.08. The van der Waals surface area contributed by atoms with Gasteiger partial charge in [0.1, 0.15) is 0 Å². The van der Waals surface area contributed by atoms with Gasteiger partial charge < -0.3 is 11.1 Å². The second-order valence-electron chi connectivity index (χ2n) is 4.29. The lowest BCUT2D eigenvalue weighted by atomic mass is 10.0. The number of halogens is 2. The molecule has 114 valence electrons. The minimum absolute atomic E-state index is 0. The summed E-state index contributed by atoms with van der Waals surface area (Å²) in [6.45, 7) is 2.35. The van der Waals surface area contributed by atoms with Crippen molar-refractivity contribution in [3.8, 4) is 11.1 Å². The van der Waals surface area contributed by atoms with Gasteiger partial charge >= 0.3 is 0 Å². The first-order valence-electron chi connectivity index (χ1n) is 6.38. The number of guanidine groups is 1. The molecule has 6 heteroatoms. The molecular formula is C15H19F2N3S. The topological polar surface area (TPSA) is 50.4 Å². The minimum atomic E-state index is -0.912. The number of nitrogens with one attached hydrogen (secondary N) is 1. The largest absolute Gasteiger partial charge is 0.370 e. The average Bonchev–Trinajstić information content (AvgIpc) is 2.45. The summed E-state index contributed by atoms with van der Waals surface area (Å²) >= 11 is 4.33. The molecule has 0 spiro atoms. The molecule has 2 rings (SSSR count). The number of nitrogens with zero attached hydrogens (tertiary/aromatic N) is 1. The smallest absolute Gasteiger partial charge is 0.193 e. The summed E-state index contributed by atoms with van der Waals surface area (Å²) in [6, 6.07) is 9.12. The minimum Gasteiger partial charge on any atom is -0.370 e. The molecule has 0 heterocycles. The first kappa shape index (κ1) is 15.3. The highest BCUT2D eigenvalue weighted by Crippen LogP contribution is 2.34. The van der Waals surface area contributed by atoms with Crippen molar-refractivity contribution in [2.75, 3.05) is 11.9 Å². The van der Waals surface area contributed by atoms with Gasteiger partial charge in [0.15, 0.2) is 17.6 Å². The number of rotatable bonds is 3. The molecule has 0 fully saturated rings. The monoisotopic (exact) mass is 311 g/mol. The molecule has 0 radical (unpaired) electrons. The van der Waals surface area contributed by atoms with Gasteiger partial charge in [0.25, 0.3) is 0 Å². The van der Waals surface area contributed by atoms with E-state index >= 15 is 0 Å². The summed E-state index contributed by atoms with van der Waals surface area (Å²) < 4.78 is 27.4. The van der Waals surface area contributed by atoms with E-state index in [1.54, 1.807) is 18.2 Å². The lowest BCUT2D eigenvalue weighted by Crippen LogP contribution is -2.23. The lowest BCUT2D eigenvalue weighted by Gasteiger charge is -2.14. The third-order valence-corrected chi connectivity index (χ3v) is 3.24. The van der Waals surface area contributed by atoms with Crippen molar-refractivity contribution >= 4 is 24.3 Å². The van der Waals surface area contributed by atoms with Crippen molar-refractivity contribution in [1.82, 2.24) is 0 Å². The van der Waals surface area contributed by atoms with E-state index in [0.29, 0.717) is 22.7 Å². The molecule has 0 aromatic heterocycles. The van der Waals surface area contributed by atoms with Gasteiger partial charge in [-0.2, -0.15) is 0 Å². The van der Waals surface area contributed by atoms with E-state index in [2.05, 4.69) is 22.9 Å². The zero-order chi connectivity index (χ0) is 15.4. The van der Waals surface area contributed by atoms with E-state index in [9.17, 15) is 8.78 Å². The van der Waals surface area contributed by atoms with Crippen molar-refractivity contribution in [1.29, 1.82) is 0 Å². The van der Waals surface area contributed by atoms with E-state index in [1.165, 1.54) is 12.1 Å². The van der Waals surface area contributed by atoms with Crippen LogP contribution in [0.5, 0.6) is 0 Å². The van der Waals surface area contributed by atoms with Gasteiger partial charge in [0.05, 0.1) is 5.69 Å². The molecule has 0 saturated heterocycles. The Balaban J connectivity index is 0.00000242. The van der Waals surface area contributed by atoms with Crippen LogP contribution < -0.4 is 11.1 Å². The predicted molar refractivity (Wildman–Crippen MR) is 89.1 cm³/mol. The summed E-state index contributed by atoms with van der Waals surface area (Å²) in [5.41, 5.74) is 6.83. The molecule has 0 aliphatic carbocycles. The summed E-state index contributed by atoms with van der Waals surface area (Å²) in [6.07, 6.45) is 0. The van der Waals surface area contributed by atoms with Crippen molar-refractivity contribution < 1.29 is 11.6 Å². The van der Waals surface area contributed by atoms with Crippen molar-refractivity contribution in [3.63, 3.8) is 0 Å². The van der Waals surface area contributed by atoms with Gasteiger partial charge in [-0.1, -0.05) is 24.3 Å². The molecule has 0 aliphatic rings. The van der Waals surface area contributed by atoms with Crippen molar-refractivity contribution in [2.24, 2.45) is 10.7 Å². The van der Waals surface area contributed by atoms with E-state index in [-0.39, 0.29) is 14.4 Å². The summed E-state index contributed by atoms with van der Waals surface area (Å²) in [4.78, 5) is 4.58. The maximum absolute atomic E-state index is 14.0. The summed E-state index contributed by atoms with van der Waals surface area (Å²) in [5, 5.41) is 2.89. The molecule has 0 bridgehead atoms. The molecule has 2 aromatic carbocycles. The molecule has 0 aliphatic heterocycles. The number of hydrogen-bond donors (Lipinski definition) is 3. The molecular weight excluding hydrogens is 292 g/mol. The fourth-order valence-electron chi connectivity index (χ4n) is 1.95. The summed E-state index contributed by atoms with van der Waals surface area (Å²) in [5.74, 6) is -1.62. The molecule has 21 heavy (non-hydrogen) atoms. The van der Waals surface area contributed by atoms with Crippen LogP contribution in [-0.4, -0.2) is 12.5 Å². The van der Waals surface area contributed by atoms with Gasteiger partial charge in [0.2, 0.25) is 0 Å². The van der Waals surface area contributed by atoms with E-state index < -0.39 is 11.6 Å². The van der Waals surface area contributed by atoms with Gasteiger partial charge in [-0.25, -0.2) is 8.78 Å². The molecule has 2 aromatic rings. The third-order valence-electron chi connectivity index (χ3n) is 2.87. The highest BCUT2D eigenvalue weighted by atomic mass is 32.1. The highest BCUT2D eigenvalue weighted by Gasteiger charge is 2.15. The molecule has 0 atom stereocenters. The number of aliphatic imine (C=N–C) groups is 1. The summed E-state index contributed by atoms with van der Waals surface area (Å²) in [7, 11) is 0. The number of hydrogen-bond acceptors (Lipinski definition) is 2.